The summed E-state index contributed by atoms with van der Waals surface area (Å²) in [6, 6.07) is 12.6. The molecule has 15 heavy (non-hydrogen) atoms. The fraction of sp³-hybridized carbons (Fsp3) is 0.308. The van der Waals surface area contributed by atoms with Crippen LogP contribution in [0.25, 0.3) is 0 Å². The number of hydrogen-bond acceptors (Lipinski definition) is 2. The molecule has 0 saturated heterocycles. The van der Waals surface area contributed by atoms with Crippen molar-refractivity contribution in [2.45, 2.75) is 18.9 Å². The van der Waals surface area contributed by atoms with Crippen LogP contribution in [0.2, 0.25) is 0 Å². The smallest absolute Gasteiger partial charge is 0.0845 e. The van der Waals surface area contributed by atoms with Crippen LogP contribution in [-0.2, 0) is 0 Å². The lowest BCUT2D eigenvalue weighted by Gasteiger charge is -2.16. The number of nitrogens with one attached hydrogen (secondary N) is 1. The molecule has 0 aliphatic heterocycles. The lowest BCUT2D eigenvalue weighted by Crippen LogP contribution is -2.21. The quantitative estimate of drug-likeness (QED) is 0.566. The first kappa shape index (κ1) is 11.5. The van der Waals surface area contributed by atoms with Crippen molar-refractivity contribution < 1.29 is 0 Å². The third-order valence-corrected chi connectivity index (χ3v) is 2.29. The van der Waals surface area contributed by atoms with Crippen LogP contribution in [0.15, 0.2) is 43.0 Å². The van der Waals surface area contributed by atoms with E-state index in [1.165, 1.54) is 5.56 Å². The van der Waals surface area contributed by atoms with Crippen molar-refractivity contribution in [1.29, 1.82) is 5.26 Å². The molecule has 1 rings (SSSR count). The molecule has 0 amide bonds. The number of nitrogens with zero attached hydrogens (tertiary/aromatic N) is 1. The van der Waals surface area contributed by atoms with Crippen LogP contribution in [0.5, 0.6) is 0 Å². The second kappa shape index (κ2) is 6.80. The van der Waals surface area contributed by atoms with Crippen molar-refractivity contribution in [3.05, 3.63) is 48.6 Å². The van der Waals surface area contributed by atoms with Gasteiger partial charge < -0.3 is 0 Å². The molecule has 0 aromatic heterocycles. The zero-order valence-corrected chi connectivity index (χ0v) is 8.82. The van der Waals surface area contributed by atoms with Gasteiger partial charge in [0, 0.05) is 6.04 Å². The Hall–Kier alpha value is -1.59. The molecular formula is C13H16N2. The fourth-order valence-electron chi connectivity index (χ4n) is 1.53. The van der Waals surface area contributed by atoms with Crippen LogP contribution in [0.1, 0.15) is 24.4 Å². The molecule has 0 heterocycles. The number of hydrogen-bond donors (Lipinski definition) is 1. The molecular weight excluding hydrogens is 184 g/mol. The zero-order chi connectivity index (χ0) is 10.9. The van der Waals surface area contributed by atoms with E-state index in [4.69, 9.17) is 5.26 Å². The molecule has 2 heteroatoms. The normalized spacial score (nSPS) is 11.7. The highest BCUT2D eigenvalue weighted by molar-refractivity contribution is 5.19. The third-order valence-electron chi connectivity index (χ3n) is 2.29. The Balaban J connectivity index is 2.63. The Morgan fingerprint density at radius 3 is 2.73 bits per heavy atom. The summed E-state index contributed by atoms with van der Waals surface area (Å²) in [5, 5.41) is 11.8. The van der Waals surface area contributed by atoms with E-state index in [2.05, 4.69) is 30.1 Å². The van der Waals surface area contributed by atoms with Crippen molar-refractivity contribution in [3.63, 3.8) is 0 Å². The summed E-state index contributed by atoms with van der Waals surface area (Å²) < 4.78 is 0. The van der Waals surface area contributed by atoms with Gasteiger partial charge in [-0.2, -0.15) is 5.26 Å². The van der Waals surface area contributed by atoms with Gasteiger partial charge in [-0.3, -0.25) is 5.32 Å². The molecule has 1 aromatic rings. The van der Waals surface area contributed by atoms with Gasteiger partial charge in [0.15, 0.2) is 0 Å². The van der Waals surface area contributed by atoms with Crippen LogP contribution >= 0.6 is 0 Å². The van der Waals surface area contributed by atoms with Gasteiger partial charge in [0.25, 0.3) is 0 Å². The number of allylic oxidation sites excluding steroid dienone is 1. The van der Waals surface area contributed by atoms with Gasteiger partial charge in [0.2, 0.25) is 0 Å². The van der Waals surface area contributed by atoms with Crippen LogP contribution in [0, 0.1) is 11.3 Å². The Morgan fingerprint density at radius 2 is 2.13 bits per heavy atom. The molecule has 0 spiro atoms. The largest absolute Gasteiger partial charge is 0.298 e. The lowest BCUT2D eigenvalue weighted by molar-refractivity contribution is 0.534. The van der Waals surface area contributed by atoms with E-state index in [-0.39, 0.29) is 6.04 Å². The molecule has 78 valence electrons. The van der Waals surface area contributed by atoms with Gasteiger partial charge in [-0.05, 0) is 18.4 Å². The summed E-state index contributed by atoms with van der Waals surface area (Å²) in [5.41, 5.74) is 1.23. The number of rotatable bonds is 6. The molecule has 1 aromatic carbocycles. The maximum atomic E-state index is 8.55. The second-order valence-corrected chi connectivity index (χ2v) is 3.37. The molecule has 0 aliphatic carbocycles. The minimum absolute atomic E-state index is 0.254. The monoisotopic (exact) mass is 200 g/mol. The van der Waals surface area contributed by atoms with E-state index >= 15 is 0 Å². The van der Waals surface area contributed by atoms with Crippen LogP contribution in [-0.4, -0.2) is 6.54 Å². The number of nitriles is 1. The van der Waals surface area contributed by atoms with Crippen molar-refractivity contribution in [2.24, 2.45) is 0 Å². The summed E-state index contributed by atoms with van der Waals surface area (Å²) in [6.07, 6.45) is 3.84. The van der Waals surface area contributed by atoms with Crippen LogP contribution in [0.3, 0.4) is 0 Å². The van der Waals surface area contributed by atoms with Gasteiger partial charge in [0.1, 0.15) is 0 Å². The topological polar surface area (TPSA) is 35.8 Å². The molecule has 1 atom stereocenters. The average molecular weight is 200 g/mol. The summed E-state index contributed by atoms with van der Waals surface area (Å²) in [7, 11) is 0. The Kier molecular flexibility index (Phi) is 5.21. The average Bonchev–Trinajstić information content (AvgIpc) is 2.30. The highest BCUT2D eigenvalue weighted by Gasteiger charge is 2.08. The van der Waals surface area contributed by atoms with Gasteiger partial charge >= 0.3 is 0 Å². The molecule has 0 unspecified atom stereocenters. The lowest BCUT2D eigenvalue weighted by atomic mass is 10.0. The standard InChI is InChI=1S/C13H16N2/c1-2-3-9-13(15-11-10-14)12-7-5-4-6-8-12/h2,4-8,13,15H,1,3,9,11H2/t13-/m0/s1. The zero-order valence-electron chi connectivity index (χ0n) is 8.82. The summed E-state index contributed by atoms with van der Waals surface area (Å²) in [4.78, 5) is 0. The maximum absolute atomic E-state index is 8.55. The first-order valence-corrected chi connectivity index (χ1v) is 5.14. The molecule has 0 bridgehead atoms. The first-order chi connectivity index (χ1) is 7.38. The summed E-state index contributed by atoms with van der Waals surface area (Å²) >= 11 is 0. The third kappa shape index (κ3) is 3.97. The van der Waals surface area contributed by atoms with Gasteiger partial charge in [-0.1, -0.05) is 36.4 Å². The van der Waals surface area contributed by atoms with E-state index in [1.807, 2.05) is 24.3 Å². The molecule has 0 fully saturated rings. The maximum Gasteiger partial charge on any atom is 0.0845 e. The molecule has 0 radical (unpaired) electrons. The van der Waals surface area contributed by atoms with Gasteiger partial charge in [-0.15, -0.1) is 6.58 Å². The second-order valence-electron chi connectivity index (χ2n) is 3.37. The van der Waals surface area contributed by atoms with Crippen LogP contribution < -0.4 is 5.32 Å². The van der Waals surface area contributed by atoms with Gasteiger partial charge in [-0.25, -0.2) is 0 Å². The number of benzene rings is 1. The van der Waals surface area contributed by atoms with E-state index in [0.29, 0.717) is 6.54 Å². The molecule has 0 saturated carbocycles. The predicted octanol–water partition coefficient (Wildman–Crippen LogP) is 2.81. The Labute approximate surface area is 91.2 Å². The summed E-state index contributed by atoms with van der Waals surface area (Å²) in [5.74, 6) is 0. The molecule has 0 aliphatic rings. The summed E-state index contributed by atoms with van der Waals surface area (Å²) in [6.45, 7) is 4.10. The highest BCUT2D eigenvalue weighted by Crippen LogP contribution is 2.17. The van der Waals surface area contributed by atoms with Crippen molar-refractivity contribution in [1.82, 2.24) is 5.32 Å². The minimum atomic E-state index is 0.254. The predicted molar refractivity (Wildman–Crippen MR) is 62.2 cm³/mol. The SMILES string of the molecule is C=CCC[C@H](NCC#N)c1ccccc1. The van der Waals surface area contributed by atoms with Crippen molar-refractivity contribution in [3.8, 4) is 6.07 Å². The van der Waals surface area contributed by atoms with E-state index in [0.717, 1.165) is 12.8 Å². The Morgan fingerprint density at radius 1 is 1.40 bits per heavy atom. The first-order valence-electron chi connectivity index (χ1n) is 5.14. The van der Waals surface area contributed by atoms with Gasteiger partial charge in [0.05, 0.1) is 12.6 Å². The van der Waals surface area contributed by atoms with E-state index in [9.17, 15) is 0 Å². The van der Waals surface area contributed by atoms with Crippen molar-refractivity contribution >= 4 is 0 Å². The highest BCUT2D eigenvalue weighted by atomic mass is 14.9. The van der Waals surface area contributed by atoms with E-state index < -0.39 is 0 Å². The molecule has 1 N–H and O–H groups in total. The fourth-order valence-corrected chi connectivity index (χ4v) is 1.53. The van der Waals surface area contributed by atoms with Crippen molar-refractivity contribution in [2.75, 3.05) is 6.54 Å². The molecule has 2 nitrogen and oxygen atoms in total. The van der Waals surface area contributed by atoms with E-state index in [1.54, 1.807) is 0 Å². The van der Waals surface area contributed by atoms with Crippen LogP contribution in [0.4, 0.5) is 0 Å². The minimum Gasteiger partial charge on any atom is -0.298 e. The Bertz CT molecular complexity index is 324.